The highest BCUT2D eigenvalue weighted by atomic mass is 16.5. The summed E-state index contributed by atoms with van der Waals surface area (Å²) < 4.78 is 9.57. The number of nitrogens with two attached hydrogens (primary N) is 1. The molecule has 0 aliphatic rings. The Balaban J connectivity index is 2.56. The molecule has 98 valence electrons. The number of amides is 1. The smallest absolute Gasteiger partial charge is 0.337 e. The minimum Gasteiger partial charge on any atom is -0.465 e. The van der Waals surface area contributed by atoms with Crippen molar-refractivity contribution in [3.8, 4) is 0 Å². The first-order chi connectivity index (χ1) is 8.67. The molecule has 1 aromatic carbocycles. The zero-order valence-corrected chi connectivity index (χ0v) is 10.1. The van der Waals surface area contributed by atoms with Gasteiger partial charge in [0, 0.05) is 12.2 Å². The standard InChI is InChI=1S/C12H16N2O4/c1-17-12(16)9-3-2-4-10(7-9)14-11(15)8-18-6-5-13/h2-4,7H,5-6,8,13H2,1H3,(H,14,15). The average Bonchev–Trinajstić information content (AvgIpc) is 2.38. The second-order valence-electron chi connectivity index (χ2n) is 3.46. The molecule has 0 bridgehead atoms. The monoisotopic (exact) mass is 252 g/mol. The minimum atomic E-state index is -0.453. The van der Waals surface area contributed by atoms with Crippen molar-refractivity contribution in [3.63, 3.8) is 0 Å². The zero-order valence-electron chi connectivity index (χ0n) is 10.1. The summed E-state index contributed by atoms with van der Waals surface area (Å²) in [5, 5.41) is 2.61. The van der Waals surface area contributed by atoms with Crippen LogP contribution in [0.1, 0.15) is 10.4 Å². The number of anilines is 1. The maximum Gasteiger partial charge on any atom is 0.337 e. The number of carbonyl (C=O) groups excluding carboxylic acids is 2. The van der Waals surface area contributed by atoms with Gasteiger partial charge in [-0.15, -0.1) is 0 Å². The molecule has 0 saturated carbocycles. The maximum absolute atomic E-state index is 11.4. The van der Waals surface area contributed by atoms with Gasteiger partial charge >= 0.3 is 5.97 Å². The van der Waals surface area contributed by atoms with E-state index in [1.54, 1.807) is 18.2 Å². The molecule has 0 heterocycles. The second kappa shape index (κ2) is 7.41. The molecule has 0 spiro atoms. The lowest BCUT2D eigenvalue weighted by atomic mass is 10.2. The van der Waals surface area contributed by atoms with Gasteiger partial charge in [0.25, 0.3) is 0 Å². The van der Waals surface area contributed by atoms with Crippen LogP contribution in [0.5, 0.6) is 0 Å². The third-order valence-corrected chi connectivity index (χ3v) is 2.06. The number of ether oxygens (including phenoxy) is 2. The highest BCUT2D eigenvalue weighted by Crippen LogP contribution is 2.11. The van der Waals surface area contributed by atoms with Crippen molar-refractivity contribution in [2.24, 2.45) is 5.73 Å². The van der Waals surface area contributed by atoms with E-state index in [9.17, 15) is 9.59 Å². The first-order valence-corrected chi connectivity index (χ1v) is 5.43. The molecule has 0 atom stereocenters. The highest BCUT2D eigenvalue weighted by Gasteiger charge is 2.07. The van der Waals surface area contributed by atoms with Gasteiger partial charge in [-0.1, -0.05) is 6.07 Å². The van der Waals surface area contributed by atoms with Crippen molar-refractivity contribution in [1.82, 2.24) is 0 Å². The van der Waals surface area contributed by atoms with E-state index in [2.05, 4.69) is 10.1 Å². The lowest BCUT2D eigenvalue weighted by molar-refractivity contribution is -0.120. The number of methoxy groups -OCH3 is 1. The Morgan fingerprint density at radius 2 is 2.17 bits per heavy atom. The van der Waals surface area contributed by atoms with Gasteiger partial charge in [0.15, 0.2) is 0 Å². The number of hydrogen-bond acceptors (Lipinski definition) is 5. The summed E-state index contributed by atoms with van der Waals surface area (Å²) in [5.41, 5.74) is 6.11. The van der Waals surface area contributed by atoms with E-state index < -0.39 is 5.97 Å². The quantitative estimate of drug-likeness (QED) is 0.564. The van der Waals surface area contributed by atoms with Crippen molar-refractivity contribution < 1.29 is 19.1 Å². The molecule has 3 N–H and O–H groups in total. The molecular formula is C12H16N2O4. The van der Waals surface area contributed by atoms with Crippen LogP contribution in [0.25, 0.3) is 0 Å². The van der Waals surface area contributed by atoms with Gasteiger partial charge in [-0.2, -0.15) is 0 Å². The molecular weight excluding hydrogens is 236 g/mol. The fraction of sp³-hybridized carbons (Fsp3) is 0.333. The van der Waals surface area contributed by atoms with Crippen LogP contribution < -0.4 is 11.1 Å². The Kier molecular flexibility index (Phi) is 5.83. The normalized spacial score (nSPS) is 9.89. The van der Waals surface area contributed by atoms with Gasteiger partial charge < -0.3 is 20.5 Å². The molecule has 0 saturated heterocycles. The summed E-state index contributed by atoms with van der Waals surface area (Å²) in [6.45, 7) is 0.625. The third kappa shape index (κ3) is 4.52. The second-order valence-corrected chi connectivity index (χ2v) is 3.46. The van der Waals surface area contributed by atoms with Gasteiger partial charge in [-0.25, -0.2) is 4.79 Å². The van der Waals surface area contributed by atoms with E-state index in [4.69, 9.17) is 10.5 Å². The molecule has 6 nitrogen and oxygen atoms in total. The van der Waals surface area contributed by atoms with Crippen molar-refractivity contribution in [2.75, 3.05) is 32.2 Å². The van der Waals surface area contributed by atoms with Crippen LogP contribution in [0.4, 0.5) is 5.69 Å². The fourth-order valence-corrected chi connectivity index (χ4v) is 1.29. The van der Waals surface area contributed by atoms with Gasteiger partial charge in [0.2, 0.25) is 5.91 Å². The van der Waals surface area contributed by atoms with Crippen molar-refractivity contribution in [2.45, 2.75) is 0 Å². The lowest BCUT2D eigenvalue weighted by Gasteiger charge is -2.07. The Hall–Kier alpha value is -1.92. The van der Waals surface area contributed by atoms with E-state index in [-0.39, 0.29) is 12.5 Å². The number of carbonyl (C=O) groups is 2. The molecule has 1 rings (SSSR count). The van der Waals surface area contributed by atoms with Crippen LogP contribution in [0.2, 0.25) is 0 Å². The van der Waals surface area contributed by atoms with E-state index >= 15 is 0 Å². The number of hydrogen-bond donors (Lipinski definition) is 2. The van der Waals surface area contributed by atoms with E-state index in [1.165, 1.54) is 13.2 Å². The number of nitrogens with one attached hydrogen (secondary N) is 1. The summed E-state index contributed by atoms with van der Waals surface area (Å²) in [7, 11) is 1.30. The maximum atomic E-state index is 11.4. The Bertz CT molecular complexity index is 420. The first-order valence-electron chi connectivity index (χ1n) is 5.43. The predicted octanol–water partition coefficient (Wildman–Crippen LogP) is 0.387. The molecule has 6 heteroatoms. The summed E-state index contributed by atoms with van der Waals surface area (Å²) in [4.78, 5) is 22.7. The summed E-state index contributed by atoms with van der Waals surface area (Å²) in [6.07, 6.45) is 0. The molecule has 1 amide bonds. The fourth-order valence-electron chi connectivity index (χ4n) is 1.29. The molecule has 0 unspecified atom stereocenters. The molecule has 0 aliphatic carbocycles. The summed E-state index contributed by atoms with van der Waals surface area (Å²) >= 11 is 0. The van der Waals surface area contributed by atoms with Gasteiger partial charge in [-0.05, 0) is 18.2 Å². The van der Waals surface area contributed by atoms with Gasteiger partial charge in [0.05, 0.1) is 19.3 Å². The third-order valence-electron chi connectivity index (χ3n) is 2.06. The van der Waals surface area contributed by atoms with Crippen LogP contribution in [-0.2, 0) is 14.3 Å². The average molecular weight is 252 g/mol. The Morgan fingerprint density at radius 1 is 1.39 bits per heavy atom. The van der Waals surface area contributed by atoms with Crippen molar-refractivity contribution in [1.29, 1.82) is 0 Å². The summed E-state index contributed by atoms with van der Waals surface area (Å²) in [5.74, 6) is -0.754. The van der Waals surface area contributed by atoms with Crippen LogP contribution in [0, 0.1) is 0 Å². The topological polar surface area (TPSA) is 90.6 Å². The van der Waals surface area contributed by atoms with Crippen LogP contribution in [0.15, 0.2) is 24.3 Å². The van der Waals surface area contributed by atoms with E-state index in [0.29, 0.717) is 24.4 Å². The predicted molar refractivity (Wildman–Crippen MR) is 66.3 cm³/mol. The van der Waals surface area contributed by atoms with Crippen molar-refractivity contribution in [3.05, 3.63) is 29.8 Å². The molecule has 18 heavy (non-hydrogen) atoms. The van der Waals surface area contributed by atoms with E-state index in [1.807, 2.05) is 0 Å². The van der Waals surface area contributed by atoms with Gasteiger partial charge in [-0.3, -0.25) is 4.79 Å². The van der Waals surface area contributed by atoms with E-state index in [0.717, 1.165) is 0 Å². The minimum absolute atomic E-state index is 0.0698. The lowest BCUT2D eigenvalue weighted by Crippen LogP contribution is -2.20. The number of esters is 1. The zero-order chi connectivity index (χ0) is 13.4. The molecule has 0 aliphatic heterocycles. The highest BCUT2D eigenvalue weighted by molar-refractivity contribution is 5.94. The van der Waals surface area contributed by atoms with Gasteiger partial charge in [0.1, 0.15) is 6.61 Å². The van der Waals surface area contributed by atoms with Crippen molar-refractivity contribution >= 4 is 17.6 Å². The number of rotatable bonds is 6. The Morgan fingerprint density at radius 3 is 2.83 bits per heavy atom. The molecule has 0 aromatic heterocycles. The molecule has 0 radical (unpaired) electrons. The van der Waals surface area contributed by atoms with Crippen LogP contribution >= 0.6 is 0 Å². The molecule has 1 aromatic rings. The Labute approximate surface area is 105 Å². The molecule has 0 fully saturated rings. The SMILES string of the molecule is COC(=O)c1cccc(NC(=O)COCCN)c1. The van der Waals surface area contributed by atoms with Crippen LogP contribution in [0.3, 0.4) is 0 Å². The summed E-state index contributed by atoms with van der Waals surface area (Å²) in [6, 6.07) is 6.47. The van der Waals surface area contributed by atoms with Crippen LogP contribution in [-0.4, -0.2) is 38.7 Å². The number of benzene rings is 1. The first kappa shape index (κ1) is 14.1. The largest absolute Gasteiger partial charge is 0.465 e.